The van der Waals surface area contributed by atoms with E-state index in [0.717, 1.165) is 17.1 Å². The van der Waals surface area contributed by atoms with Gasteiger partial charge in [-0.3, -0.25) is 0 Å². The minimum atomic E-state index is -0.411. The van der Waals surface area contributed by atoms with Crippen molar-refractivity contribution in [3.63, 3.8) is 0 Å². The van der Waals surface area contributed by atoms with Crippen LogP contribution in [-0.4, -0.2) is 0 Å². The molecule has 8 aromatic carbocycles. The van der Waals surface area contributed by atoms with Gasteiger partial charge < -0.3 is 4.90 Å². The van der Waals surface area contributed by atoms with Gasteiger partial charge in [-0.1, -0.05) is 159 Å². The first-order chi connectivity index (χ1) is 26.5. The third-order valence-electron chi connectivity index (χ3n) is 12.6. The van der Waals surface area contributed by atoms with Gasteiger partial charge in [-0.05, 0) is 127 Å². The smallest absolute Gasteiger partial charge is 0.0726 e. The zero-order chi connectivity index (χ0) is 36.2. The van der Waals surface area contributed by atoms with E-state index < -0.39 is 5.41 Å². The normalized spacial score (nSPS) is 14.5. The van der Waals surface area contributed by atoms with Gasteiger partial charge in [0.15, 0.2) is 0 Å². The van der Waals surface area contributed by atoms with Gasteiger partial charge in [0.1, 0.15) is 0 Å². The van der Waals surface area contributed by atoms with E-state index >= 15 is 0 Å². The summed E-state index contributed by atoms with van der Waals surface area (Å²) in [7, 11) is 0. The summed E-state index contributed by atoms with van der Waals surface area (Å²) in [5.41, 5.74) is 22.8. The van der Waals surface area contributed by atoms with Crippen molar-refractivity contribution < 1.29 is 0 Å². The van der Waals surface area contributed by atoms with Crippen LogP contribution in [0.1, 0.15) is 52.8 Å². The number of rotatable bonds is 4. The molecular weight excluding hydrogens is 651 g/mol. The molecule has 1 spiro atoms. The van der Waals surface area contributed by atoms with E-state index in [9.17, 15) is 0 Å². The molecule has 0 fully saturated rings. The van der Waals surface area contributed by atoms with Crippen molar-refractivity contribution in [3.05, 3.63) is 221 Å². The SMILES string of the molecule is Cc1ccccc1-c1cccc(N(c2ccc3c(c2)C(C)(C)c2ccccc2-3)c2ccc3c(c2)C2(c4ccccc4-c4ccccc42)c2ccccc2-3)c1. The Kier molecular flexibility index (Phi) is 6.50. The molecule has 0 N–H and O–H groups in total. The highest BCUT2D eigenvalue weighted by atomic mass is 15.1. The summed E-state index contributed by atoms with van der Waals surface area (Å²) in [6.07, 6.45) is 0. The molecule has 54 heavy (non-hydrogen) atoms. The molecule has 0 aliphatic heterocycles. The van der Waals surface area contributed by atoms with Crippen molar-refractivity contribution in [1.29, 1.82) is 0 Å². The highest BCUT2D eigenvalue weighted by Crippen LogP contribution is 2.63. The fourth-order valence-electron chi connectivity index (χ4n) is 10.2. The summed E-state index contributed by atoms with van der Waals surface area (Å²) in [5, 5.41) is 0. The topological polar surface area (TPSA) is 3.24 Å². The standard InChI is InChI=1S/C53H39N/c1-34-15-4-5-18-39(34)35-16-14-17-36(31-35)54(37-27-29-44-40-19-6-10-23-46(40)52(2,3)50(44)32-37)38-28-30-45-43-22-9-13-26-49(43)53(51(45)33-38)47-24-11-7-20-41(47)42-21-8-12-25-48(42)53/h4-33H,1-3H3. The maximum Gasteiger partial charge on any atom is 0.0726 e. The van der Waals surface area contributed by atoms with Crippen molar-refractivity contribution >= 4 is 17.1 Å². The lowest BCUT2D eigenvalue weighted by Gasteiger charge is -2.32. The predicted octanol–water partition coefficient (Wildman–Crippen LogP) is 13.8. The molecule has 0 saturated carbocycles. The fourth-order valence-corrected chi connectivity index (χ4v) is 10.2. The lowest BCUT2D eigenvalue weighted by Crippen LogP contribution is -2.26. The third kappa shape index (κ3) is 4.10. The van der Waals surface area contributed by atoms with E-state index in [1.165, 1.54) is 83.5 Å². The molecule has 1 nitrogen and oxygen atoms in total. The van der Waals surface area contributed by atoms with E-state index in [-0.39, 0.29) is 5.41 Å². The summed E-state index contributed by atoms with van der Waals surface area (Å²) < 4.78 is 0. The summed E-state index contributed by atoms with van der Waals surface area (Å²) >= 11 is 0. The molecule has 0 atom stereocenters. The van der Waals surface area contributed by atoms with E-state index in [1.54, 1.807) is 0 Å². The average Bonchev–Trinajstić information content (AvgIpc) is 3.77. The van der Waals surface area contributed by atoms with Gasteiger partial charge in [-0.15, -0.1) is 0 Å². The van der Waals surface area contributed by atoms with Crippen LogP contribution >= 0.6 is 0 Å². The molecule has 0 unspecified atom stereocenters. The summed E-state index contributed by atoms with van der Waals surface area (Å²) in [6.45, 7) is 6.95. The van der Waals surface area contributed by atoms with Gasteiger partial charge in [0.05, 0.1) is 5.41 Å². The minimum Gasteiger partial charge on any atom is -0.310 e. The van der Waals surface area contributed by atoms with Crippen LogP contribution in [0.2, 0.25) is 0 Å². The Morgan fingerprint density at radius 2 is 0.759 bits per heavy atom. The van der Waals surface area contributed by atoms with Gasteiger partial charge in [0.2, 0.25) is 0 Å². The first-order valence-corrected chi connectivity index (χ1v) is 19.1. The molecular formula is C53H39N. The van der Waals surface area contributed by atoms with Gasteiger partial charge in [0, 0.05) is 22.5 Å². The van der Waals surface area contributed by atoms with E-state index in [4.69, 9.17) is 0 Å². The Labute approximate surface area is 317 Å². The van der Waals surface area contributed by atoms with E-state index in [1.807, 2.05) is 0 Å². The average molecular weight is 690 g/mol. The van der Waals surface area contributed by atoms with Crippen molar-refractivity contribution in [1.82, 2.24) is 0 Å². The molecule has 8 aromatic rings. The first kappa shape index (κ1) is 31.1. The van der Waals surface area contributed by atoms with Gasteiger partial charge in [0.25, 0.3) is 0 Å². The largest absolute Gasteiger partial charge is 0.310 e. The molecule has 1 heteroatoms. The molecule has 0 saturated heterocycles. The van der Waals surface area contributed by atoms with Crippen LogP contribution in [0.3, 0.4) is 0 Å². The van der Waals surface area contributed by atoms with Crippen LogP contribution in [0.4, 0.5) is 17.1 Å². The maximum absolute atomic E-state index is 2.50. The van der Waals surface area contributed by atoms with E-state index in [0.29, 0.717) is 0 Å². The minimum absolute atomic E-state index is 0.114. The fraction of sp³-hybridized carbons (Fsp3) is 0.0943. The van der Waals surface area contributed by atoms with Crippen LogP contribution in [0.15, 0.2) is 182 Å². The van der Waals surface area contributed by atoms with Gasteiger partial charge >= 0.3 is 0 Å². The monoisotopic (exact) mass is 689 g/mol. The lowest BCUT2D eigenvalue weighted by molar-refractivity contribution is 0.660. The number of hydrogen-bond donors (Lipinski definition) is 0. The van der Waals surface area contributed by atoms with E-state index in [2.05, 4.69) is 208 Å². The van der Waals surface area contributed by atoms with Crippen LogP contribution in [0, 0.1) is 6.92 Å². The summed E-state index contributed by atoms with van der Waals surface area (Å²) in [4.78, 5) is 2.49. The molecule has 3 aliphatic rings. The number of fused-ring (bicyclic) bond motifs is 13. The molecule has 3 aliphatic carbocycles. The van der Waals surface area contributed by atoms with Crippen molar-refractivity contribution in [2.24, 2.45) is 0 Å². The van der Waals surface area contributed by atoms with Crippen LogP contribution in [-0.2, 0) is 10.8 Å². The van der Waals surface area contributed by atoms with Crippen molar-refractivity contribution in [2.45, 2.75) is 31.6 Å². The second kappa shape index (κ2) is 11.3. The Hall–Kier alpha value is -6.44. The summed E-state index contributed by atoms with van der Waals surface area (Å²) in [6, 6.07) is 68.3. The molecule has 256 valence electrons. The molecule has 0 heterocycles. The van der Waals surface area contributed by atoms with Gasteiger partial charge in [-0.25, -0.2) is 0 Å². The molecule has 0 radical (unpaired) electrons. The second-order valence-corrected chi connectivity index (χ2v) is 15.7. The number of aryl methyl sites for hydroxylation is 1. The maximum atomic E-state index is 2.50. The van der Waals surface area contributed by atoms with Gasteiger partial charge in [-0.2, -0.15) is 0 Å². The van der Waals surface area contributed by atoms with Crippen LogP contribution in [0.5, 0.6) is 0 Å². The Balaban J connectivity index is 1.18. The number of nitrogens with zero attached hydrogens (tertiary/aromatic N) is 1. The number of benzene rings is 8. The zero-order valence-electron chi connectivity index (χ0n) is 30.8. The third-order valence-corrected chi connectivity index (χ3v) is 12.6. The van der Waals surface area contributed by atoms with Crippen LogP contribution in [0.25, 0.3) is 44.5 Å². The van der Waals surface area contributed by atoms with Crippen molar-refractivity contribution in [2.75, 3.05) is 4.90 Å². The highest BCUT2D eigenvalue weighted by molar-refractivity contribution is 5.96. The van der Waals surface area contributed by atoms with Crippen LogP contribution < -0.4 is 4.90 Å². The molecule has 0 amide bonds. The Bertz CT molecular complexity index is 2770. The predicted molar refractivity (Wildman–Crippen MR) is 225 cm³/mol. The zero-order valence-corrected chi connectivity index (χ0v) is 30.8. The number of hydrogen-bond acceptors (Lipinski definition) is 1. The molecule has 0 aromatic heterocycles. The Morgan fingerprint density at radius 1 is 0.333 bits per heavy atom. The Morgan fingerprint density at radius 3 is 1.33 bits per heavy atom. The first-order valence-electron chi connectivity index (χ1n) is 19.1. The van der Waals surface area contributed by atoms with Crippen molar-refractivity contribution in [3.8, 4) is 44.5 Å². The molecule has 0 bridgehead atoms. The quantitative estimate of drug-likeness (QED) is 0.178. The summed E-state index contributed by atoms with van der Waals surface area (Å²) in [5.74, 6) is 0. The lowest BCUT2D eigenvalue weighted by atomic mass is 9.70. The highest BCUT2D eigenvalue weighted by Gasteiger charge is 2.51. The number of anilines is 3. The molecule has 11 rings (SSSR count). The second-order valence-electron chi connectivity index (χ2n) is 15.7.